The first kappa shape index (κ1) is 17.4. The van der Waals surface area contributed by atoms with Crippen LogP contribution >= 0.6 is 11.8 Å². The fourth-order valence-electron chi connectivity index (χ4n) is 2.58. The van der Waals surface area contributed by atoms with Gasteiger partial charge >= 0.3 is 0 Å². The average molecular weight is 351 g/mol. The number of hydrogen-bond donors (Lipinski definition) is 0. The van der Waals surface area contributed by atoms with Gasteiger partial charge in [-0.25, -0.2) is 0 Å². The van der Waals surface area contributed by atoms with Crippen LogP contribution in [0.15, 0.2) is 64.8 Å². The standard InChI is InChI=1S/C20H21N3OS/c1-4-18-19(24)23(17-12-10-14(2)11-13-17)20(25-18)22-21-15(3)16-8-6-5-7-9-16/h5-13,18H,4H2,1-3H3/b21-15+,22-20+. The zero-order valence-corrected chi connectivity index (χ0v) is 15.5. The van der Waals surface area contributed by atoms with Gasteiger partial charge in [0.05, 0.1) is 16.6 Å². The summed E-state index contributed by atoms with van der Waals surface area (Å²) in [5.41, 5.74) is 3.84. The number of rotatable bonds is 4. The Hall–Kier alpha value is -2.40. The Bertz CT molecular complexity index is 813. The zero-order valence-electron chi connectivity index (χ0n) is 14.6. The minimum atomic E-state index is -0.104. The first-order valence-electron chi connectivity index (χ1n) is 8.35. The molecule has 128 valence electrons. The first-order chi connectivity index (χ1) is 12.1. The number of carbonyl (C=O) groups excluding carboxylic acids is 1. The minimum Gasteiger partial charge on any atom is -0.273 e. The SMILES string of the molecule is CCC1S/C(=N/N=C(\C)c2ccccc2)N(c2ccc(C)cc2)C1=O. The fourth-order valence-corrected chi connectivity index (χ4v) is 3.60. The lowest BCUT2D eigenvalue weighted by Crippen LogP contribution is -2.31. The molecule has 0 aromatic heterocycles. The summed E-state index contributed by atoms with van der Waals surface area (Å²) in [5.74, 6) is 0.0719. The second-order valence-corrected chi connectivity index (χ2v) is 7.13. The van der Waals surface area contributed by atoms with Crippen molar-refractivity contribution in [3.05, 3.63) is 65.7 Å². The third-order valence-corrected chi connectivity index (χ3v) is 5.37. The van der Waals surface area contributed by atoms with Crippen LogP contribution in [0.25, 0.3) is 0 Å². The molecule has 1 unspecified atom stereocenters. The van der Waals surface area contributed by atoms with Crippen LogP contribution in [0.4, 0.5) is 5.69 Å². The molecule has 3 rings (SSSR count). The van der Waals surface area contributed by atoms with E-state index < -0.39 is 0 Å². The summed E-state index contributed by atoms with van der Waals surface area (Å²) in [6, 6.07) is 17.8. The lowest BCUT2D eigenvalue weighted by molar-refractivity contribution is -0.116. The highest BCUT2D eigenvalue weighted by Crippen LogP contribution is 2.33. The summed E-state index contributed by atoms with van der Waals surface area (Å²) in [7, 11) is 0. The summed E-state index contributed by atoms with van der Waals surface area (Å²) in [4.78, 5) is 14.4. The topological polar surface area (TPSA) is 45.0 Å². The van der Waals surface area contributed by atoms with Crippen LogP contribution in [0, 0.1) is 6.92 Å². The van der Waals surface area contributed by atoms with E-state index in [9.17, 15) is 4.79 Å². The molecular weight excluding hydrogens is 330 g/mol. The van der Waals surface area contributed by atoms with E-state index in [4.69, 9.17) is 0 Å². The van der Waals surface area contributed by atoms with E-state index in [-0.39, 0.29) is 11.2 Å². The molecule has 0 bridgehead atoms. The Morgan fingerprint density at radius 1 is 1.12 bits per heavy atom. The van der Waals surface area contributed by atoms with Crippen molar-refractivity contribution in [3.63, 3.8) is 0 Å². The van der Waals surface area contributed by atoms with E-state index in [1.807, 2.05) is 75.4 Å². The predicted octanol–water partition coefficient (Wildman–Crippen LogP) is 4.63. The number of hydrogen-bond acceptors (Lipinski definition) is 4. The fraction of sp³-hybridized carbons (Fsp3) is 0.250. The molecule has 0 aliphatic carbocycles. The number of thioether (sulfide) groups is 1. The van der Waals surface area contributed by atoms with E-state index in [1.165, 1.54) is 11.8 Å². The number of anilines is 1. The Morgan fingerprint density at radius 2 is 1.80 bits per heavy atom. The molecule has 1 atom stereocenters. The van der Waals surface area contributed by atoms with Crippen LogP contribution < -0.4 is 4.90 Å². The van der Waals surface area contributed by atoms with Crippen molar-refractivity contribution in [1.82, 2.24) is 0 Å². The molecule has 1 aliphatic rings. The molecule has 1 aliphatic heterocycles. The maximum atomic E-state index is 12.7. The maximum Gasteiger partial charge on any atom is 0.246 e. The number of amides is 1. The third-order valence-electron chi connectivity index (χ3n) is 4.07. The third kappa shape index (κ3) is 3.82. The van der Waals surface area contributed by atoms with Crippen molar-refractivity contribution in [1.29, 1.82) is 0 Å². The molecule has 1 fully saturated rings. The van der Waals surface area contributed by atoms with Gasteiger partial charge in [0.15, 0.2) is 5.17 Å². The summed E-state index contributed by atoms with van der Waals surface area (Å²) in [6.07, 6.45) is 0.770. The van der Waals surface area contributed by atoms with Gasteiger partial charge in [-0.05, 0) is 38.0 Å². The smallest absolute Gasteiger partial charge is 0.246 e. The van der Waals surface area contributed by atoms with Crippen molar-refractivity contribution in [2.75, 3.05) is 4.90 Å². The van der Waals surface area contributed by atoms with E-state index in [0.29, 0.717) is 5.17 Å². The van der Waals surface area contributed by atoms with E-state index in [2.05, 4.69) is 10.2 Å². The Labute approximate surface area is 152 Å². The van der Waals surface area contributed by atoms with Crippen molar-refractivity contribution >= 4 is 34.2 Å². The number of aryl methyl sites for hydroxylation is 1. The average Bonchev–Trinajstić information content (AvgIpc) is 2.97. The van der Waals surface area contributed by atoms with Gasteiger partial charge in [-0.1, -0.05) is 66.7 Å². The van der Waals surface area contributed by atoms with Crippen LogP contribution in [-0.4, -0.2) is 22.0 Å². The molecule has 0 spiro atoms. The van der Waals surface area contributed by atoms with E-state index >= 15 is 0 Å². The summed E-state index contributed by atoms with van der Waals surface area (Å²) >= 11 is 1.48. The summed E-state index contributed by atoms with van der Waals surface area (Å²) in [5, 5.41) is 9.29. The molecule has 1 heterocycles. The van der Waals surface area contributed by atoms with Gasteiger partial charge in [0, 0.05) is 0 Å². The van der Waals surface area contributed by atoms with Gasteiger partial charge in [-0.15, -0.1) is 5.10 Å². The number of nitrogens with zero attached hydrogens (tertiary/aromatic N) is 3. The molecule has 0 saturated carbocycles. The van der Waals surface area contributed by atoms with Crippen LogP contribution in [0.5, 0.6) is 0 Å². The predicted molar refractivity (Wildman–Crippen MR) is 106 cm³/mol. The second kappa shape index (κ2) is 7.66. The van der Waals surface area contributed by atoms with Gasteiger partial charge in [0.25, 0.3) is 0 Å². The molecule has 2 aromatic carbocycles. The van der Waals surface area contributed by atoms with E-state index in [0.717, 1.165) is 28.9 Å². The quantitative estimate of drug-likeness (QED) is 0.595. The van der Waals surface area contributed by atoms with Crippen LogP contribution in [0.2, 0.25) is 0 Å². The number of amidine groups is 1. The minimum absolute atomic E-state index is 0.0719. The van der Waals surface area contributed by atoms with Gasteiger partial charge in [0.1, 0.15) is 0 Å². The lowest BCUT2D eigenvalue weighted by atomic mass is 10.1. The molecule has 0 radical (unpaired) electrons. The molecule has 5 heteroatoms. The summed E-state index contributed by atoms with van der Waals surface area (Å²) in [6.45, 7) is 5.97. The van der Waals surface area contributed by atoms with Crippen molar-refractivity contribution in [3.8, 4) is 0 Å². The van der Waals surface area contributed by atoms with Gasteiger partial charge in [-0.3, -0.25) is 9.69 Å². The largest absolute Gasteiger partial charge is 0.273 e. The monoisotopic (exact) mass is 351 g/mol. The van der Waals surface area contributed by atoms with Gasteiger partial charge in [0.2, 0.25) is 5.91 Å². The highest BCUT2D eigenvalue weighted by molar-refractivity contribution is 8.16. The van der Waals surface area contributed by atoms with E-state index in [1.54, 1.807) is 4.90 Å². The first-order valence-corrected chi connectivity index (χ1v) is 9.23. The number of carbonyl (C=O) groups is 1. The van der Waals surface area contributed by atoms with Crippen molar-refractivity contribution < 1.29 is 4.79 Å². The maximum absolute atomic E-state index is 12.7. The Balaban J connectivity index is 1.94. The molecule has 2 aromatic rings. The van der Waals surface area contributed by atoms with Crippen molar-refractivity contribution in [2.45, 2.75) is 32.4 Å². The highest BCUT2D eigenvalue weighted by atomic mass is 32.2. The molecule has 25 heavy (non-hydrogen) atoms. The molecule has 4 nitrogen and oxygen atoms in total. The second-order valence-electron chi connectivity index (χ2n) is 5.96. The zero-order chi connectivity index (χ0) is 17.8. The summed E-state index contributed by atoms with van der Waals surface area (Å²) < 4.78 is 0. The lowest BCUT2D eigenvalue weighted by Gasteiger charge is -2.16. The molecule has 0 N–H and O–H groups in total. The molecule has 1 saturated heterocycles. The van der Waals surface area contributed by atoms with Crippen molar-refractivity contribution in [2.24, 2.45) is 10.2 Å². The van der Waals surface area contributed by atoms with Crippen LogP contribution in [0.1, 0.15) is 31.4 Å². The number of benzene rings is 2. The van der Waals surface area contributed by atoms with Gasteiger partial charge < -0.3 is 0 Å². The van der Waals surface area contributed by atoms with Crippen LogP contribution in [-0.2, 0) is 4.79 Å². The molecular formula is C20H21N3OS. The Kier molecular flexibility index (Phi) is 5.34. The van der Waals surface area contributed by atoms with Crippen LogP contribution in [0.3, 0.4) is 0 Å². The normalized spacial score (nSPS) is 19.7. The molecule has 1 amide bonds. The highest BCUT2D eigenvalue weighted by Gasteiger charge is 2.38. The van der Waals surface area contributed by atoms with Gasteiger partial charge in [-0.2, -0.15) is 5.10 Å². The Morgan fingerprint density at radius 3 is 2.44 bits per heavy atom.